The molecule has 0 radical (unpaired) electrons. The standard InChI is InChI=1S/C14H21N3OS/c1-5-9(4)18-12-11-8-10(6-2)19-13(11)17-14(16-12)15-7-3/h8-9H,5-7H2,1-4H3,(H,15,16,17). The van der Waals surface area contributed by atoms with Gasteiger partial charge >= 0.3 is 0 Å². The summed E-state index contributed by atoms with van der Waals surface area (Å²) in [7, 11) is 0. The monoisotopic (exact) mass is 279 g/mol. The highest BCUT2D eigenvalue weighted by molar-refractivity contribution is 7.18. The Kier molecular flexibility index (Phi) is 4.58. The maximum absolute atomic E-state index is 5.94. The second kappa shape index (κ2) is 6.19. The molecule has 1 N–H and O–H groups in total. The molecule has 0 spiro atoms. The van der Waals surface area contributed by atoms with Crippen LogP contribution in [0.5, 0.6) is 5.88 Å². The van der Waals surface area contributed by atoms with Gasteiger partial charge in [0.2, 0.25) is 11.8 Å². The number of ether oxygens (including phenoxy) is 1. The maximum Gasteiger partial charge on any atom is 0.227 e. The Bertz CT molecular complexity index is 553. The van der Waals surface area contributed by atoms with Gasteiger partial charge < -0.3 is 10.1 Å². The van der Waals surface area contributed by atoms with Crippen molar-refractivity contribution in [3.63, 3.8) is 0 Å². The molecule has 0 bridgehead atoms. The van der Waals surface area contributed by atoms with Crippen molar-refractivity contribution in [3.8, 4) is 5.88 Å². The minimum atomic E-state index is 0.164. The predicted molar refractivity (Wildman–Crippen MR) is 81.3 cm³/mol. The topological polar surface area (TPSA) is 47.0 Å². The molecule has 0 aliphatic rings. The molecule has 0 aliphatic carbocycles. The predicted octanol–water partition coefficient (Wildman–Crippen LogP) is 3.86. The SMILES string of the molecule is CCNc1nc(OC(C)CC)c2cc(CC)sc2n1. The highest BCUT2D eigenvalue weighted by atomic mass is 32.1. The van der Waals surface area contributed by atoms with E-state index in [9.17, 15) is 0 Å². The molecule has 0 saturated heterocycles. The Balaban J connectivity index is 2.46. The Hall–Kier alpha value is -1.36. The molecule has 2 heterocycles. The Labute approximate surface area is 118 Å². The first-order chi connectivity index (χ1) is 9.17. The highest BCUT2D eigenvalue weighted by Gasteiger charge is 2.14. The van der Waals surface area contributed by atoms with Gasteiger partial charge in [0, 0.05) is 11.4 Å². The Morgan fingerprint density at radius 3 is 2.74 bits per heavy atom. The van der Waals surface area contributed by atoms with Gasteiger partial charge in [-0.2, -0.15) is 4.98 Å². The minimum absolute atomic E-state index is 0.164. The van der Waals surface area contributed by atoms with Crippen molar-refractivity contribution in [2.75, 3.05) is 11.9 Å². The summed E-state index contributed by atoms with van der Waals surface area (Å²) >= 11 is 1.72. The second-order valence-electron chi connectivity index (χ2n) is 4.50. The zero-order valence-corrected chi connectivity index (χ0v) is 12.8. The van der Waals surface area contributed by atoms with Crippen LogP contribution in [0.1, 0.15) is 39.0 Å². The zero-order chi connectivity index (χ0) is 13.8. The van der Waals surface area contributed by atoms with Crippen LogP contribution < -0.4 is 10.1 Å². The largest absolute Gasteiger partial charge is 0.474 e. The molecule has 0 amide bonds. The maximum atomic E-state index is 5.94. The van der Waals surface area contributed by atoms with E-state index in [1.165, 1.54) is 4.88 Å². The zero-order valence-electron chi connectivity index (χ0n) is 12.0. The van der Waals surface area contributed by atoms with Gasteiger partial charge in [-0.15, -0.1) is 11.3 Å². The van der Waals surface area contributed by atoms with Crippen molar-refractivity contribution in [2.45, 2.75) is 46.6 Å². The van der Waals surface area contributed by atoms with Crippen LogP contribution in [0.4, 0.5) is 5.95 Å². The van der Waals surface area contributed by atoms with Crippen molar-refractivity contribution in [2.24, 2.45) is 0 Å². The van der Waals surface area contributed by atoms with E-state index in [-0.39, 0.29) is 6.10 Å². The van der Waals surface area contributed by atoms with Gasteiger partial charge in [0.15, 0.2) is 0 Å². The molecule has 1 atom stereocenters. The van der Waals surface area contributed by atoms with Crippen molar-refractivity contribution in [3.05, 3.63) is 10.9 Å². The lowest BCUT2D eigenvalue weighted by molar-refractivity contribution is 0.212. The normalized spacial score (nSPS) is 12.6. The first-order valence-corrected chi connectivity index (χ1v) is 7.70. The molecule has 2 aromatic rings. The second-order valence-corrected chi connectivity index (χ2v) is 5.62. The molecule has 0 aliphatic heterocycles. The summed E-state index contributed by atoms with van der Waals surface area (Å²) in [5, 5.41) is 4.19. The third kappa shape index (κ3) is 3.15. The summed E-state index contributed by atoms with van der Waals surface area (Å²) in [5.74, 6) is 1.35. The average molecular weight is 279 g/mol. The number of fused-ring (bicyclic) bond motifs is 1. The highest BCUT2D eigenvalue weighted by Crippen LogP contribution is 2.32. The number of hydrogen-bond donors (Lipinski definition) is 1. The van der Waals surface area contributed by atoms with Crippen LogP contribution >= 0.6 is 11.3 Å². The van der Waals surface area contributed by atoms with Crippen LogP contribution in [0.15, 0.2) is 6.07 Å². The smallest absolute Gasteiger partial charge is 0.227 e. The fourth-order valence-corrected chi connectivity index (χ4v) is 2.68. The van der Waals surface area contributed by atoms with Crippen molar-refractivity contribution in [1.29, 1.82) is 0 Å². The molecule has 0 saturated carbocycles. The first-order valence-electron chi connectivity index (χ1n) is 6.88. The number of thiophene rings is 1. The van der Waals surface area contributed by atoms with Crippen LogP contribution in [-0.4, -0.2) is 22.6 Å². The molecule has 0 aromatic carbocycles. The molecular weight excluding hydrogens is 258 g/mol. The van der Waals surface area contributed by atoms with Crippen LogP contribution in [0.3, 0.4) is 0 Å². The van der Waals surface area contributed by atoms with E-state index in [1.807, 2.05) is 6.92 Å². The van der Waals surface area contributed by atoms with Crippen LogP contribution in [0.25, 0.3) is 10.2 Å². The average Bonchev–Trinajstić information content (AvgIpc) is 2.82. The summed E-state index contributed by atoms with van der Waals surface area (Å²) in [6.45, 7) is 9.17. The first kappa shape index (κ1) is 14.1. The summed E-state index contributed by atoms with van der Waals surface area (Å²) in [4.78, 5) is 11.3. The fourth-order valence-electron chi connectivity index (χ4n) is 1.72. The third-order valence-corrected chi connectivity index (χ3v) is 4.15. The van der Waals surface area contributed by atoms with Crippen molar-refractivity contribution in [1.82, 2.24) is 9.97 Å². The summed E-state index contributed by atoms with van der Waals surface area (Å²) < 4.78 is 5.94. The molecule has 1 unspecified atom stereocenters. The molecule has 2 aromatic heterocycles. The molecule has 4 nitrogen and oxygen atoms in total. The summed E-state index contributed by atoms with van der Waals surface area (Å²) in [5.41, 5.74) is 0. The Morgan fingerprint density at radius 2 is 2.11 bits per heavy atom. The lowest BCUT2D eigenvalue weighted by atomic mass is 10.3. The molecule has 2 rings (SSSR count). The van der Waals surface area contributed by atoms with Crippen molar-refractivity contribution < 1.29 is 4.74 Å². The quantitative estimate of drug-likeness (QED) is 0.872. The van der Waals surface area contributed by atoms with E-state index in [0.717, 1.165) is 29.6 Å². The van der Waals surface area contributed by atoms with E-state index in [4.69, 9.17) is 4.74 Å². The minimum Gasteiger partial charge on any atom is -0.474 e. The van der Waals surface area contributed by atoms with Gasteiger partial charge in [-0.25, -0.2) is 4.98 Å². The molecule has 5 heteroatoms. The van der Waals surface area contributed by atoms with Gasteiger partial charge in [0.05, 0.1) is 11.5 Å². The molecule has 104 valence electrons. The fraction of sp³-hybridized carbons (Fsp3) is 0.571. The van der Waals surface area contributed by atoms with E-state index in [1.54, 1.807) is 11.3 Å². The number of rotatable bonds is 6. The molecule has 0 fully saturated rings. The van der Waals surface area contributed by atoms with Crippen LogP contribution in [-0.2, 0) is 6.42 Å². The van der Waals surface area contributed by atoms with E-state index in [2.05, 4.69) is 42.1 Å². The molecular formula is C14H21N3OS. The van der Waals surface area contributed by atoms with E-state index < -0.39 is 0 Å². The van der Waals surface area contributed by atoms with Crippen LogP contribution in [0.2, 0.25) is 0 Å². The lowest BCUT2D eigenvalue weighted by Crippen LogP contribution is -2.12. The number of anilines is 1. The number of nitrogens with one attached hydrogen (secondary N) is 1. The lowest BCUT2D eigenvalue weighted by Gasteiger charge is -2.13. The van der Waals surface area contributed by atoms with Gasteiger partial charge in [-0.3, -0.25) is 0 Å². The number of aryl methyl sites for hydroxylation is 1. The number of hydrogen-bond acceptors (Lipinski definition) is 5. The van der Waals surface area contributed by atoms with Gasteiger partial charge in [0.25, 0.3) is 0 Å². The molecule has 19 heavy (non-hydrogen) atoms. The number of nitrogens with zero attached hydrogens (tertiary/aromatic N) is 2. The van der Waals surface area contributed by atoms with Crippen molar-refractivity contribution >= 4 is 27.5 Å². The van der Waals surface area contributed by atoms with E-state index in [0.29, 0.717) is 11.8 Å². The van der Waals surface area contributed by atoms with Crippen LogP contribution in [0, 0.1) is 0 Å². The Morgan fingerprint density at radius 1 is 1.32 bits per heavy atom. The van der Waals surface area contributed by atoms with Gasteiger partial charge in [-0.05, 0) is 32.8 Å². The van der Waals surface area contributed by atoms with Gasteiger partial charge in [-0.1, -0.05) is 13.8 Å². The summed E-state index contributed by atoms with van der Waals surface area (Å²) in [6, 6.07) is 2.15. The summed E-state index contributed by atoms with van der Waals surface area (Å²) in [6.07, 6.45) is 2.14. The third-order valence-electron chi connectivity index (χ3n) is 2.98. The number of aromatic nitrogens is 2. The van der Waals surface area contributed by atoms with Gasteiger partial charge in [0.1, 0.15) is 4.83 Å². The van der Waals surface area contributed by atoms with E-state index >= 15 is 0 Å².